The summed E-state index contributed by atoms with van der Waals surface area (Å²) in [6.07, 6.45) is 0.924. The molecule has 0 saturated carbocycles. The smallest absolute Gasteiger partial charge is 0.236 e. The van der Waals surface area contributed by atoms with Crippen molar-refractivity contribution in [1.29, 1.82) is 5.26 Å². The fourth-order valence-electron chi connectivity index (χ4n) is 2.19. The largest absolute Gasteiger partial charge is 0.339 e. The molecule has 0 unspecified atom stereocenters. The van der Waals surface area contributed by atoms with Gasteiger partial charge in [0.2, 0.25) is 11.8 Å². The molecule has 106 valence electrons. The Kier molecular flexibility index (Phi) is 6.30. The Labute approximate surface area is 114 Å². The van der Waals surface area contributed by atoms with Gasteiger partial charge in [0.15, 0.2) is 0 Å². The zero-order chi connectivity index (χ0) is 14.3. The van der Waals surface area contributed by atoms with Crippen molar-refractivity contribution in [2.75, 3.05) is 45.8 Å². The van der Waals surface area contributed by atoms with Crippen LogP contribution in [0.4, 0.5) is 0 Å². The Morgan fingerprint density at radius 2 is 1.79 bits per heavy atom. The van der Waals surface area contributed by atoms with Crippen molar-refractivity contribution < 1.29 is 9.59 Å². The van der Waals surface area contributed by atoms with Gasteiger partial charge in [0.1, 0.15) is 0 Å². The molecule has 1 fully saturated rings. The topological polar surface area (TPSA) is 67.7 Å². The summed E-state index contributed by atoms with van der Waals surface area (Å²) in [5.41, 5.74) is 0. The molecule has 0 N–H and O–H groups in total. The monoisotopic (exact) mass is 266 g/mol. The summed E-state index contributed by atoms with van der Waals surface area (Å²) in [5.74, 6) is 0.107. The number of carbonyl (C=O) groups is 2. The van der Waals surface area contributed by atoms with Crippen LogP contribution < -0.4 is 0 Å². The van der Waals surface area contributed by atoms with Gasteiger partial charge < -0.3 is 9.80 Å². The van der Waals surface area contributed by atoms with Crippen LogP contribution in [0, 0.1) is 11.3 Å². The Morgan fingerprint density at radius 3 is 2.26 bits per heavy atom. The molecule has 2 amide bonds. The number of nitrogens with zero attached hydrogens (tertiary/aromatic N) is 4. The second-order valence-corrected chi connectivity index (χ2v) is 4.76. The van der Waals surface area contributed by atoms with E-state index in [2.05, 4.69) is 6.07 Å². The summed E-state index contributed by atoms with van der Waals surface area (Å²) in [4.78, 5) is 28.7. The van der Waals surface area contributed by atoms with Crippen LogP contribution >= 0.6 is 0 Å². The zero-order valence-corrected chi connectivity index (χ0v) is 11.8. The maximum atomic E-state index is 12.1. The third kappa shape index (κ3) is 4.87. The molecule has 1 aliphatic heterocycles. The van der Waals surface area contributed by atoms with Crippen molar-refractivity contribution in [3.05, 3.63) is 0 Å². The summed E-state index contributed by atoms with van der Waals surface area (Å²) >= 11 is 0. The van der Waals surface area contributed by atoms with Crippen LogP contribution in [0.3, 0.4) is 0 Å². The van der Waals surface area contributed by atoms with Crippen molar-refractivity contribution in [3.8, 4) is 6.07 Å². The molecule has 6 nitrogen and oxygen atoms in total. The molecule has 6 heteroatoms. The van der Waals surface area contributed by atoms with E-state index >= 15 is 0 Å². The maximum Gasteiger partial charge on any atom is 0.236 e. The third-order valence-electron chi connectivity index (χ3n) is 3.27. The molecule has 0 aromatic rings. The first-order valence-corrected chi connectivity index (χ1v) is 6.71. The molecule has 1 heterocycles. The fraction of sp³-hybridized carbons (Fsp3) is 0.769. The number of piperazine rings is 1. The molecule has 1 aliphatic rings. The van der Waals surface area contributed by atoms with Crippen LogP contribution in [-0.2, 0) is 9.59 Å². The second kappa shape index (κ2) is 7.74. The van der Waals surface area contributed by atoms with Crippen LogP contribution in [0.15, 0.2) is 0 Å². The zero-order valence-electron chi connectivity index (χ0n) is 11.8. The minimum absolute atomic E-state index is 0.0481. The summed E-state index contributed by atoms with van der Waals surface area (Å²) in [6, 6.07) is 2.09. The molecule has 0 radical (unpaired) electrons. The molecule has 19 heavy (non-hydrogen) atoms. The quantitative estimate of drug-likeness (QED) is 0.652. The van der Waals surface area contributed by atoms with Gasteiger partial charge in [-0.3, -0.25) is 14.5 Å². The molecule has 1 saturated heterocycles. The van der Waals surface area contributed by atoms with Crippen molar-refractivity contribution in [2.24, 2.45) is 0 Å². The number of rotatable bonds is 5. The minimum Gasteiger partial charge on any atom is -0.339 e. The highest BCUT2D eigenvalue weighted by Crippen LogP contribution is 2.03. The van der Waals surface area contributed by atoms with E-state index in [-0.39, 0.29) is 18.4 Å². The average molecular weight is 266 g/mol. The van der Waals surface area contributed by atoms with Crippen molar-refractivity contribution in [3.63, 3.8) is 0 Å². The lowest BCUT2D eigenvalue weighted by Gasteiger charge is -2.35. The number of hydrogen-bond acceptors (Lipinski definition) is 4. The number of nitriles is 1. The summed E-state index contributed by atoms with van der Waals surface area (Å²) in [6.45, 7) is 7.30. The molecular formula is C13H22N4O2. The van der Waals surface area contributed by atoms with Gasteiger partial charge >= 0.3 is 0 Å². The lowest BCUT2D eigenvalue weighted by atomic mass is 10.3. The number of carbonyl (C=O) groups excluding carboxylic acids is 2. The standard InChI is InChI=1S/C13H22N4O2/c1-3-5-15(6-4-14)11-13(19)17-9-7-16(8-10-17)12(2)18/h3,5-11H2,1-2H3. The van der Waals surface area contributed by atoms with E-state index in [0.717, 1.165) is 13.0 Å². The van der Waals surface area contributed by atoms with Crippen LogP contribution in [0.2, 0.25) is 0 Å². The first kappa shape index (κ1) is 15.4. The van der Waals surface area contributed by atoms with E-state index in [9.17, 15) is 9.59 Å². The third-order valence-corrected chi connectivity index (χ3v) is 3.27. The van der Waals surface area contributed by atoms with Gasteiger partial charge in [0, 0.05) is 33.1 Å². The minimum atomic E-state index is 0.0481. The summed E-state index contributed by atoms with van der Waals surface area (Å²) < 4.78 is 0. The SMILES string of the molecule is CCCN(CC#N)CC(=O)N1CCN(C(C)=O)CC1. The van der Waals surface area contributed by atoms with E-state index in [1.807, 2.05) is 11.8 Å². The summed E-state index contributed by atoms with van der Waals surface area (Å²) in [7, 11) is 0. The van der Waals surface area contributed by atoms with Gasteiger partial charge in [-0.1, -0.05) is 6.92 Å². The normalized spacial score (nSPS) is 15.5. The van der Waals surface area contributed by atoms with Crippen LogP contribution in [-0.4, -0.2) is 72.3 Å². The van der Waals surface area contributed by atoms with Crippen LogP contribution in [0.5, 0.6) is 0 Å². The molecule has 0 bridgehead atoms. The molecule has 0 aliphatic carbocycles. The second-order valence-electron chi connectivity index (χ2n) is 4.76. The molecule has 0 spiro atoms. The van der Waals surface area contributed by atoms with Crippen LogP contribution in [0.25, 0.3) is 0 Å². The predicted molar refractivity (Wildman–Crippen MR) is 71.2 cm³/mol. The van der Waals surface area contributed by atoms with E-state index in [0.29, 0.717) is 32.7 Å². The molecule has 0 atom stereocenters. The Balaban J connectivity index is 2.42. The first-order valence-electron chi connectivity index (χ1n) is 6.71. The predicted octanol–water partition coefficient (Wildman–Crippen LogP) is -0.0873. The highest BCUT2D eigenvalue weighted by Gasteiger charge is 2.23. The Hall–Kier alpha value is -1.61. The van der Waals surface area contributed by atoms with E-state index in [4.69, 9.17) is 5.26 Å². The van der Waals surface area contributed by atoms with Gasteiger partial charge in [0.25, 0.3) is 0 Å². The molecular weight excluding hydrogens is 244 g/mol. The maximum absolute atomic E-state index is 12.1. The fourth-order valence-corrected chi connectivity index (χ4v) is 2.19. The van der Waals surface area contributed by atoms with E-state index in [1.165, 1.54) is 0 Å². The number of hydrogen-bond donors (Lipinski definition) is 0. The van der Waals surface area contributed by atoms with Gasteiger partial charge in [-0.2, -0.15) is 5.26 Å². The van der Waals surface area contributed by atoms with Gasteiger partial charge in [-0.15, -0.1) is 0 Å². The summed E-state index contributed by atoms with van der Waals surface area (Å²) in [5, 5.41) is 8.72. The molecule has 1 rings (SSSR count). The van der Waals surface area contributed by atoms with Gasteiger partial charge in [-0.05, 0) is 13.0 Å². The lowest BCUT2D eigenvalue weighted by Crippen LogP contribution is -2.52. The first-order chi connectivity index (χ1) is 9.08. The lowest BCUT2D eigenvalue weighted by molar-refractivity contribution is -0.139. The molecule has 0 aromatic carbocycles. The van der Waals surface area contributed by atoms with E-state index < -0.39 is 0 Å². The highest BCUT2D eigenvalue weighted by molar-refractivity contribution is 5.79. The Bertz CT molecular complexity index is 356. The van der Waals surface area contributed by atoms with Crippen molar-refractivity contribution in [1.82, 2.24) is 14.7 Å². The van der Waals surface area contributed by atoms with Gasteiger partial charge in [0.05, 0.1) is 19.2 Å². The van der Waals surface area contributed by atoms with Gasteiger partial charge in [-0.25, -0.2) is 0 Å². The number of amides is 2. The van der Waals surface area contributed by atoms with E-state index in [1.54, 1.807) is 16.7 Å². The molecule has 0 aromatic heterocycles. The van der Waals surface area contributed by atoms with Crippen molar-refractivity contribution >= 4 is 11.8 Å². The Morgan fingerprint density at radius 1 is 1.21 bits per heavy atom. The van der Waals surface area contributed by atoms with Crippen molar-refractivity contribution in [2.45, 2.75) is 20.3 Å². The highest BCUT2D eigenvalue weighted by atomic mass is 16.2. The van der Waals surface area contributed by atoms with Crippen LogP contribution in [0.1, 0.15) is 20.3 Å². The average Bonchev–Trinajstić information content (AvgIpc) is 2.39.